The number of allylic oxidation sites excluding steroid dienone is 2. The zero-order valence-corrected chi connectivity index (χ0v) is 7.75. The second-order valence-corrected chi connectivity index (χ2v) is 3.33. The number of ether oxygens (including phenoxy) is 1. The van der Waals surface area contributed by atoms with Crippen LogP contribution >= 0.6 is 0 Å². The molecule has 2 unspecified atom stereocenters. The van der Waals surface area contributed by atoms with Crippen LogP contribution in [0.4, 0.5) is 0 Å². The van der Waals surface area contributed by atoms with Gasteiger partial charge in [-0.1, -0.05) is 26.0 Å². The molecule has 0 aromatic rings. The lowest BCUT2D eigenvalue weighted by Crippen LogP contribution is -2.12. The normalized spacial score (nSPS) is 29.7. The third kappa shape index (κ3) is 2.10. The summed E-state index contributed by atoms with van der Waals surface area (Å²) in [6.45, 7) is 4.76. The molecular weight excluding hydrogens is 152 g/mol. The highest BCUT2D eigenvalue weighted by Gasteiger charge is 2.32. The summed E-state index contributed by atoms with van der Waals surface area (Å²) in [6, 6.07) is 0. The van der Waals surface area contributed by atoms with E-state index in [9.17, 15) is 4.79 Å². The SMILES string of the molecule is CC/C=C/CC1C(=O)OCC1C. The number of esters is 1. The van der Waals surface area contributed by atoms with Crippen molar-refractivity contribution in [1.29, 1.82) is 0 Å². The Morgan fingerprint density at radius 2 is 2.33 bits per heavy atom. The van der Waals surface area contributed by atoms with E-state index in [1.165, 1.54) is 0 Å². The van der Waals surface area contributed by atoms with Crippen LogP contribution in [0.25, 0.3) is 0 Å². The molecule has 1 saturated heterocycles. The van der Waals surface area contributed by atoms with Gasteiger partial charge in [-0.2, -0.15) is 0 Å². The van der Waals surface area contributed by atoms with Crippen LogP contribution in [-0.2, 0) is 9.53 Å². The van der Waals surface area contributed by atoms with E-state index in [1.807, 2.05) is 0 Å². The van der Waals surface area contributed by atoms with Gasteiger partial charge < -0.3 is 4.74 Å². The van der Waals surface area contributed by atoms with Crippen molar-refractivity contribution in [3.8, 4) is 0 Å². The molecule has 1 heterocycles. The second kappa shape index (κ2) is 4.29. The van der Waals surface area contributed by atoms with Crippen molar-refractivity contribution in [2.24, 2.45) is 11.8 Å². The summed E-state index contributed by atoms with van der Waals surface area (Å²) in [7, 11) is 0. The van der Waals surface area contributed by atoms with Crippen LogP contribution in [0.2, 0.25) is 0 Å². The molecule has 0 N–H and O–H groups in total. The fourth-order valence-electron chi connectivity index (χ4n) is 1.41. The molecule has 1 aliphatic rings. The van der Waals surface area contributed by atoms with Gasteiger partial charge in [-0.15, -0.1) is 0 Å². The molecule has 0 amide bonds. The van der Waals surface area contributed by atoms with E-state index >= 15 is 0 Å². The van der Waals surface area contributed by atoms with Gasteiger partial charge in [0.25, 0.3) is 0 Å². The Balaban J connectivity index is 2.39. The lowest BCUT2D eigenvalue weighted by Gasteiger charge is -2.05. The van der Waals surface area contributed by atoms with E-state index < -0.39 is 0 Å². The minimum atomic E-state index is -0.0248. The second-order valence-electron chi connectivity index (χ2n) is 3.33. The fraction of sp³-hybridized carbons (Fsp3) is 0.700. The van der Waals surface area contributed by atoms with Gasteiger partial charge in [0.1, 0.15) is 0 Å². The average molecular weight is 168 g/mol. The van der Waals surface area contributed by atoms with E-state index in [-0.39, 0.29) is 11.9 Å². The van der Waals surface area contributed by atoms with Crippen LogP contribution in [0.3, 0.4) is 0 Å². The van der Waals surface area contributed by atoms with Gasteiger partial charge in [0, 0.05) is 5.92 Å². The predicted molar refractivity (Wildman–Crippen MR) is 47.7 cm³/mol. The Morgan fingerprint density at radius 1 is 1.58 bits per heavy atom. The van der Waals surface area contributed by atoms with Crippen LogP contribution in [-0.4, -0.2) is 12.6 Å². The third-order valence-electron chi connectivity index (χ3n) is 2.27. The summed E-state index contributed by atoms with van der Waals surface area (Å²) < 4.78 is 4.94. The number of cyclic esters (lactones) is 1. The van der Waals surface area contributed by atoms with Gasteiger partial charge in [-0.3, -0.25) is 4.79 Å². The van der Waals surface area contributed by atoms with E-state index in [0.29, 0.717) is 12.5 Å². The van der Waals surface area contributed by atoms with Gasteiger partial charge >= 0.3 is 5.97 Å². The highest BCUT2D eigenvalue weighted by Crippen LogP contribution is 2.24. The maximum absolute atomic E-state index is 11.1. The minimum absolute atomic E-state index is 0.0248. The largest absolute Gasteiger partial charge is 0.465 e. The van der Waals surface area contributed by atoms with E-state index in [4.69, 9.17) is 4.74 Å². The minimum Gasteiger partial charge on any atom is -0.465 e. The molecule has 0 bridgehead atoms. The van der Waals surface area contributed by atoms with Gasteiger partial charge in [0.15, 0.2) is 0 Å². The van der Waals surface area contributed by atoms with Crippen LogP contribution in [0, 0.1) is 11.8 Å². The average Bonchev–Trinajstić information content (AvgIpc) is 2.35. The molecule has 1 aliphatic heterocycles. The Morgan fingerprint density at radius 3 is 2.83 bits per heavy atom. The number of carbonyl (C=O) groups is 1. The molecule has 0 saturated carbocycles. The van der Waals surface area contributed by atoms with E-state index in [1.54, 1.807) is 0 Å². The molecule has 0 aromatic carbocycles. The molecule has 1 rings (SSSR count). The Bertz CT molecular complexity index is 184. The third-order valence-corrected chi connectivity index (χ3v) is 2.27. The van der Waals surface area contributed by atoms with Crippen molar-refractivity contribution in [2.75, 3.05) is 6.61 Å². The maximum Gasteiger partial charge on any atom is 0.309 e. The first kappa shape index (κ1) is 9.30. The van der Waals surface area contributed by atoms with Gasteiger partial charge in [0.2, 0.25) is 0 Å². The van der Waals surface area contributed by atoms with Gasteiger partial charge in [-0.25, -0.2) is 0 Å². The summed E-state index contributed by atoms with van der Waals surface area (Å²) in [4.78, 5) is 11.1. The Kier molecular flexibility index (Phi) is 3.32. The Hall–Kier alpha value is -0.790. The summed E-state index contributed by atoms with van der Waals surface area (Å²) in [5, 5.41) is 0. The van der Waals surface area contributed by atoms with Crippen LogP contribution in [0.1, 0.15) is 26.7 Å². The molecule has 1 fully saturated rings. The molecular formula is C10H16O2. The molecule has 12 heavy (non-hydrogen) atoms. The first-order valence-electron chi connectivity index (χ1n) is 4.57. The monoisotopic (exact) mass is 168 g/mol. The first-order valence-corrected chi connectivity index (χ1v) is 4.57. The van der Waals surface area contributed by atoms with Crippen LogP contribution < -0.4 is 0 Å². The molecule has 68 valence electrons. The summed E-state index contributed by atoms with van der Waals surface area (Å²) >= 11 is 0. The first-order chi connectivity index (χ1) is 5.75. The molecule has 0 radical (unpaired) electrons. The highest BCUT2D eigenvalue weighted by molar-refractivity contribution is 5.74. The van der Waals surface area contributed by atoms with Crippen molar-refractivity contribution >= 4 is 5.97 Å². The van der Waals surface area contributed by atoms with Crippen molar-refractivity contribution in [3.05, 3.63) is 12.2 Å². The fourth-order valence-corrected chi connectivity index (χ4v) is 1.41. The maximum atomic E-state index is 11.1. The topological polar surface area (TPSA) is 26.3 Å². The molecule has 0 spiro atoms. The smallest absolute Gasteiger partial charge is 0.309 e. The molecule has 2 nitrogen and oxygen atoms in total. The summed E-state index contributed by atoms with van der Waals surface area (Å²) in [5.41, 5.74) is 0. The molecule has 2 heteroatoms. The predicted octanol–water partition coefficient (Wildman–Crippen LogP) is 2.15. The zero-order valence-electron chi connectivity index (χ0n) is 7.75. The van der Waals surface area contributed by atoms with E-state index in [2.05, 4.69) is 26.0 Å². The van der Waals surface area contributed by atoms with Crippen molar-refractivity contribution in [1.82, 2.24) is 0 Å². The summed E-state index contributed by atoms with van der Waals surface area (Å²) in [5.74, 6) is 0.468. The quantitative estimate of drug-likeness (QED) is 0.477. The number of carbonyl (C=O) groups excluding carboxylic acids is 1. The molecule has 0 aromatic heterocycles. The number of hydrogen-bond donors (Lipinski definition) is 0. The van der Waals surface area contributed by atoms with Crippen molar-refractivity contribution in [3.63, 3.8) is 0 Å². The van der Waals surface area contributed by atoms with Gasteiger partial charge in [0.05, 0.1) is 12.5 Å². The zero-order chi connectivity index (χ0) is 8.97. The van der Waals surface area contributed by atoms with Crippen molar-refractivity contribution < 1.29 is 9.53 Å². The lowest BCUT2D eigenvalue weighted by atomic mass is 9.94. The lowest BCUT2D eigenvalue weighted by molar-refractivity contribution is -0.141. The molecule has 2 atom stereocenters. The van der Waals surface area contributed by atoms with E-state index in [0.717, 1.165) is 12.8 Å². The number of rotatable bonds is 3. The van der Waals surface area contributed by atoms with Gasteiger partial charge in [-0.05, 0) is 12.8 Å². The standard InChI is InChI=1S/C10H16O2/c1-3-4-5-6-9-8(2)7-12-10(9)11/h4-5,8-9H,3,6-7H2,1-2H3/b5-4+. The number of hydrogen-bond acceptors (Lipinski definition) is 2. The van der Waals surface area contributed by atoms with Crippen LogP contribution in [0.15, 0.2) is 12.2 Å². The van der Waals surface area contributed by atoms with Crippen LogP contribution in [0.5, 0.6) is 0 Å². The highest BCUT2D eigenvalue weighted by atomic mass is 16.5. The van der Waals surface area contributed by atoms with Crippen molar-refractivity contribution in [2.45, 2.75) is 26.7 Å². The Labute approximate surface area is 73.6 Å². The molecule has 0 aliphatic carbocycles. The summed E-state index contributed by atoms with van der Waals surface area (Å²) in [6.07, 6.45) is 6.05.